The van der Waals surface area contributed by atoms with E-state index in [1.165, 1.54) is 0 Å². The number of hydrogen-bond donors (Lipinski definition) is 1. The number of ether oxygens (including phenoxy) is 1. The second kappa shape index (κ2) is 9.05. The number of hydrogen-bond acceptors (Lipinski definition) is 6. The maximum absolute atomic E-state index is 13.7. The summed E-state index contributed by atoms with van der Waals surface area (Å²) in [5.74, 6) is 0.579. The van der Waals surface area contributed by atoms with Gasteiger partial charge in [-0.25, -0.2) is 18.1 Å². The molecule has 3 heterocycles. The van der Waals surface area contributed by atoms with Gasteiger partial charge in [0.25, 0.3) is 5.91 Å². The van der Waals surface area contributed by atoms with Crippen molar-refractivity contribution in [1.82, 2.24) is 14.8 Å². The van der Waals surface area contributed by atoms with Crippen molar-refractivity contribution < 1.29 is 17.9 Å². The van der Waals surface area contributed by atoms with Gasteiger partial charge in [-0.1, -0.05) is 12.1 Å². The van der Waals surface area contributed by atoms with E-state index in [0.717, 1.165) is 22.4 Å². The number of fused-ring (bicyclic) bond motifs is 1. The third kappa shape index (κ3) is 4.35. The van der Waals surface area contributed by atoms with Gasteiger partial charge >= 0.3 is 0 Å². The lowest BCUT2D eigenvalue weighted by atomic mass is 10.0. The number of benzene rings is 2. The standard InChI is InChI=1S/C27H28N4O4S/c1-16-6-5-7-23(17(16)2)29-27(32)22-14-24(19-8-10-21(35-4)11-9-19)28-26-25(22)18(3)30-31(26)20-12-13-36(33,34)15-20/h5-11,14,20H,12-13,15H2,1-4H3,(H,29,32). The summed E-state index contributed by atoms with van der Waals surface area (Å²) in [6.07, 6.45) is 0.469. The summed E-state index contributed by atoms with van der Waals surface area (Å²) in [4.78, 5) is 18.6. The van der Waals surface area contributed by atoms with Gasteiger partial charge in [0.1, 0.15) is 5.75 Å². The van der Waals surface area contributed by atoms with Crippen LogP contribution >= 0.6 is 0 Å². The van der Waals surface area contributed by atoms with Crippen LogP contribution in [0.5, 0.6) is 5.75 Å². The van der Waals surface area contributed by atoms with E-state index in [-0.39, 0.29) is 23.5 Å². The molecule has 8 nitrogen and oxygen atoms in total. The maximum Gasteiger partial charge on any atom is 0.256 e. The summed E-state index contributed by atoms with van der Waals surface area (Å²) in [7, 11) is -1.53. The Balaban J connectivity index is 1.68. The predicted octanol–water partition coefficient (Wildman–Crippen LogP) is 4.64. The number of aromatic nitrogens is 3. The lowest BCUT2D eigenvalue weighted by Crippen LogP contribution is -2.15. The fraction of sp³-hybridized carbons (Fsp3) is 0.296. The Morgan fingerprint density at radius 2 is 1.86 bits per heavy atom. The predicted molar refractivity (Wildman–Crippen MR) is 140 cm³/mol. The highest BCUT2D eigenvalue weighted by molar-refractivity contribution is 7.91. The van der Waals surface area contributed by atoms with E-state index in [2.05, 4.69) is 10.4 Å². The molecule has 1 fully saturated rings. The molecule has 9 heteroatoms. The third-order valence-electron chi connectivity index (χ3n) is 6.87. The number of sulfone groups is 1. The molecule has 186 valence electrons. The summed E-state index contributed by atoms with van der Waals surface area (Å²) >= 11 is 0. The molecule has 2 aromatic heterocycles. The van der Waals surface area contributed by atoms with Gasteiger partial charge in [0.05, 0.1) is 47.0 Å². The van der Waals surface area contributed by atoms with E-state index in [4.69, 9.17) is 9.72 Å². The van der Waals surface area contributed by atoms with Crippen LogP contribution in [0.1, 0.15) is 39.6 Å². The SMILES string of the molecule is COc1ccc(-c2cc(C(=O)Nc3cccc(C)c3C)c3c(C)nn(C4CCS(=O)(=O)C4)c3n2)cc1. The molecule has 1 atom stereocenters. The number of aryl methyl sites for hydroxylation is 2. The number of amides is 1. The highest BCUT2D eigenvalue weighted by atomic mass is 32.2. The fourth-order valence-corrected chi connectivity index (χ4v) is 6.39. The average molecular weight is 505 g/mol. The van der Waals surface area contributed by atoms with Crippen molar-refractivity contribution in [1.29, 1.82) is 0 Å². The monoisotopic (exact) mass is 504 g/mol. The van der Waals surface area contributed by atoms with E-state index in [9.17, 15) is 13.2 Å². The minimum atomic E-state index is -3.13. The number of nitrogens with one attached hydrogen (secondary N) is 1. The van der Waals surface area contributed by atoms with Crippen molar-refractivity contribution in [2.45, 2.75) is 33.2 Å². The molecule has 1 saturated heterocycles. The van der Waals surface area contributed by atoms with Crippen LogP contribution in [0.3, 0.4) is 0 Å². The molecule has 1 amide bonds. The van der Waals surface area contributed by atoms with E-state index in [1.807, 2.05) is 63.2 Å². The van der Waals surface area contributed by atoms with E-state index in [0.29, 0.717) is 40.2 Å². The molecule has 0 saturated carbocycles. The van der Waals surface area contributed by atoms with Crippen LogP contribution in [0.25, 0.3) is 22.3 Å². The molecule has 5 rings (SSSR count). The highest BCUT2D eigenvalue weighted by Crippen LogP contribution is 2.33. The zero-order chi connectivity index (χ0) is 25.6. The smallest absolute Gasteiger partial charge is 0.256 e. The Labute approximate surface area is 210 Å². The van der Waals surface area contributed by atoms with Gasteiger partial charge < -0.3 is 10.1 Å². The van der Waals surface area contributed by atoms with Crippen molar-refractivity contribution in [3.05, 3.63) is 70.9 Å². The summed E-state index contributed by atoms with van der Waals surface area (Å²) in [5.41, 5.74) is 5.80. The molecular formula is C27H28N4O4S. The van der Waals surface area contributed by atoms with E-state index < -0.39 is 9.84 Å². The van der Waals surface area contributed by atoms with E-state index >= 15 is 0 Å². The van der Waals surface area contributed by atoms with Gasteiger partial charge in [0.15, 0.2) is 15.5 Å². The van der Waals surface area contributed by atoms with Crippen LogP contribution in [0, 0.1) is 20.8 Å². The van der Waals surface area contributed by atoms with E-state index in [1.54, 1.807) is 17.9 Å². The van der Waals surface area contributed by atoms with Crippen LogP contribution < -0.4 is 10.1 Å². The van der Waals surface area contributed by atoms with Crippen LogP contribution in [0.15, 0.2) is 48.5 Å². The van der Waals surface area contributed by atoms with Crippen molar-refractivity contribution >= 4 is 32.5 Å². The largest absolute Gasteiger partial charge is 0.497 e. The highest BCUT2D eigenvalue weighted by Gasteiger charge is 2.32. The number of carbonyl (C=O) groups is 1. The first kappa shape index (κ1) is 24.0. The number of carbonyl (C=O) groups excluding carboxylic acids is 1. The van der Waals surface area contributed by atoms with Gasteiger partial charge in [-0.15, -0.1) is 0 Å². The Morgan fingerprint density at radius 3 is 2.53 bits per heavy atom. The molecule has 4 aromatic rings. The van der Waals surface area contributed by atoms with Gasteiger partial charge in [-0.3, -0.25) is 4.79 Å². The zero-order valence-electron chi connectivity index (χ0n) is 20.7. The quantitative estimate of drug-likeness (QED) is 0.425. The van der Waals surface area contributed by atoms with Crippen LogP contribution in [0.4, 0.5) is 5.69 Å². The molecule has 36 heavy (non-hydrogen) atoms. The second-order valence-corrected chi connectivity index (χ2v) is 11.5. The summed E-state index contributed by atoms with van der Waals surface area (Å²) in [5, 5.41) is 8.35. The number of rotatable bonds is 5. The molecule has 0 spiro atoms. The third-order valence-corrected chi connectivity index (χ3v) is 8.62. The molecule has 1 N–H and O–H groups in total. The number of nitrogens with zero attached hydrogens (tertiary/aromatic N) is 3. The Hall–Kier alpha value is -3.72. The molecule has 1 aliphatic rings. The molecular weight excluding hydrogens is 476 g/mol. The molecule has 1 unspecified atom stereocenters. The summed E-state index contributed by atoms with van der Waals surface area (Å²) in [6, 6.07) is 14.7. The van der Waals surface area contributed by atoms with Crippen LogP contribution in [0.2, 0.25) is 0 Å². The lowest BCUT2D eigenvalue weighted by molar-refractivity contribution is 0.102. The second-order valence-electron chi connectivity index (χ2n) is 9.27. The van der Waals surface area contributed by atoms with Gasteiger partial charge in [0, 0.05) is 11.3 Å². The van der Waals surface area contributed by atoms with Gasteiger partial charge in [0.2, 0.25) is 0 Å². The summed E-state index contributed by atoms with van der Waals surface area (Å²) < 4.78 is 31.4. The number of pyridine rings is 1. The first-order valence-electron chi connectivity index (χ1n) is 11.8. The molecule has 2 aromatic carbocycles. The van der Waals surface area contributed by atoms with Crippen molar-refractivity contribution in [2.24, 2.45) is 0 Å². The molecule has 0 bridgehead atoms. The normalized spacial score (nSPS) is 16.8. The maximum atomic E-state index is 13.7. The molecule has 1 aliphatic heterocycles. The lowest BCUT2D eigenvalue weighted by Gasteiger charge is -2.14. The summed E-state index contributed by atoms with van der Waals surface area (Å²) in [6.45, 7) is 5.80. The van der Waals surface area contributed by atoms with Crippen LogP contribution in [-0.4, -0.2) is 47.7 Å². The zero-order valence-corrected chi connectivity index (χ0v) is 21.5. The molecule has 0 radical (unpaired) electrons. The van der Waals surface area contributed by atoms with Crippen molar-refractivity contribution in [3.63, 3.8) is 0 Å². The minimum Gasteiger partial charge on any atom is -0.497 e. The fourth-order valence-electron chi connectivity index (χ4n) is 4.70. The first-order valence-corrected chi connectivity index (χ1v) is 13.6. The Kier molecular flexibility index (Phi) is 6.04. The Bertz CT molecular complexity index is 1590. The van der Waals surface area contributed by atoms with Crippen molar-refractivity contribution in [2.75, 3.05) is 23.9 Å². The van der Waals surface area contributed by atoms with Gasteiger partial charge in [-0.05, 0) is 74.7 Å². The van der Waals surface area contributed by atoms with Crippen molar-refractivity contribution in [3.8, 4) is 17.0 Å². The van der Waals surface area contributed by atoms with Crippen LogP contribution in [-0.2, 0) is 9.84 Å². The minimum absolute atomic E-state index is 0.0156. The van der Waals surface area contributed by atoms with Gasteiger partial charge in [-0.2, -0.15) is 5.10 Å². The first-order chi connectivity index (χ1) is 17.2. The number of methoxy groups -OCH3 is 1. The molecule has 0 aliphatic carbocycles. The average Bonchev–Trinajstić information content (AvgIpc) is 3.40. The Morgan fingerprint density at radius 1 is 1.11 bits per heavy atom. The topological polar surface area (TPSA) is 103 Å². The number of anilines is 1.